The summed E-state index contributed by atoms with van der Waals surface area (Å²) in [6.07, 6.45) is 0.231. The van der Waals surface area contributed by atoms with Crippen LogP contribution in [-0.4, -0.2) is 4.20 Å². The number of rotatable bonds is 3. The summed E-state index contributed by atoms with van der Waals surface area (Å²) in [6.45, 7) is 4.03. The second-order valence-corrected chi connectivity index (χ2v) is 8.25. The highest BCUT2D eigenvalue weighted by molar-refractivity contribution is 8.24. The van der Waals surface area contributed by atoms with Crippen LogP contribution in [0.1, 0.15) is 28.7 Å². The van der Waals surface area contributed by atoms with Crippen LogP contribution >= 0.6 is 24.0 Å². The minimum Gasteiger partial charge on any atom is -0.364 e. The van der Waals surface area contributed by atoms with E-state index in [4.69, 9.17) is 12.2 Å². The number of hydrogen-bond acceptors (Lipinski definition) is 5. The van der Waals surface area contributed by atoms with Gasteiger partial charge in [0.15, 0.2) is 0 Å². The number of nitrogens with zero attached hydrogens (tertiary/aromatic N) is 2. The number of nitriles is 2. The van der Waals surface area contributed by atoms with E-state index in [1.807, 2.05) is 62.4 Å². The second kappa shape index (κ2) is 7.33. The lowest BCUT2D eigenvalue weighted by molar-refractivity contribution is 0.585. The minimum atomic E-state index is -0.709. The molecule has 2 aromatic carbocycles. The molecule has 0 radical (unpaired) electrons. The van der Waals surface area contributed by atoms with Gasteiger partial charge < -0.3 is 5.32 Å². The zero-order valence-electron chi connectivity index (χ0n) is 14.5. The Bertz CT molecular complexity index is 978. The van der Waals surface area contributed by atoms with Crippen molar-refractivity contribution in [1.29, 1.82) is 10.5 Å². The fourth-order valence-electron chi connectivity index (χ4n) is 2.97. The third-order valence-corrected chi connectivity index (χ3v) is 5.99. The van der Waals surface area contributed by atoms with Crippen molar-refractivity contribution in [2.75, 3.05) is 0 Å². The van der Waals surface area contributed by atoms with E-state index in [2.05, 4.69) is 17.5 Å². The van der Waals surface area contributed by atoms with Crippen LogP contribution in [0.5, 0.6) is 0 Å². The van der Waals surface area contributed by atoms with Gasteiger partial charge in [-0.2, -0.15) is 10.5 Å². The molecule has 0 aromatic heterocycles. The van der Waals surface area contributed by atoms with Crippen LogP contribution in [0.4, 0.5) is 0 Å². The largest absolute Gasteiger partial charge is 0.364 e. The number of benzene rings is 2. The molecule has 1 N–H and O–H groups in total. The maximum Gasteiger partial charge on any atom is 0.128 e. The van der Waals surface area contributed by atoms with Crippen molar-refractivity contribution in [3.63, 3.8) is 0 Å². The molecule has 1 unspecified atom stereocenters. The van der Waals surface area contributed by atoms with Crippen LogP contribution in [0.25, 0.3) is 5.70 Å². The molecule has 26 heavy (non-hydrogen) atoms. The molecule has 0 amide bonds. The number of aryl methyl sites for hydroxylation is 2. The molecule has 0 aliphatic carbocycles. The smallest absolute Gasteiger partial charge is 0.128 e. The van der Waals surface area contributed by atoms with Crippen LogP contribution in [0, 0.1) is 36.5 Å². The predicted molar refractivity (Wildman–Crippen MR) is 110 cm³/mol. The van der Waals surface area contributed by atoms with Gasteiger partial charge in [-0.15, -0.1) is 0 Å². The van der Waals surface area contributed by atoms with Crippen LogP contribution < -0.4 is 5.32 Å². The lowest BCUT2D eigenvalue weighted by Gasteiger charge is -2.38. The van der Waals surface area contributed by atoms with E-state index in [0.29, 0.717) is 15.5 Å². The van der Waals surface area contributed by atoms with Crippen molar-refractivity contribution < 1.29 is 0 Å². The molecule has 0 saturated heterocycles. The minimum absolute atomic E-state index is 0.231. The Labute approximate surface area is 163 Å². The summed E-state index contributed by atoms with van der Waals surface area (Å²) >= 11 is 6.93. The van der Waals surface area contributed by atoms with Crippen LogP contribution in [0.3, 0.4) is 0 Å². The van der Waals surface area contributed by atoms with E-state index in [-0.39, 0.29) is 6.42 Å². The molecule has 0 saturated carbocycles. The molecular weight excluding hydrogens is 358 g/mol. The third kappa shape index (κ3) is 3.37. The first kappa shape index (κ1) is 18.2. The van der Waals surface area contributed by atoms with Gasteiger partial charge in [0.1, 0.15) is 16.5 Å². The highest BCUT2D eigenvalue weighted by Gasteiger charge is 2.40. The molecule has 5 heteroatoms. The highest BCUT2D eigenvalue weighted by atomic mass is 32.2. The van der Waals surface area contributed by atoms with E-state index in [1.165, 1.54) is 11.8 Å². The molecule has 1 heterocycles. The van der Waals surface area contributed by atoms with Gasteiger partial charge >= 0.3 is 0 Å². The Morgan fingerprint density at radius 2 is 1.81 bits per heavy atom. The van der Waals surface area contributed by atoms with E-state index in [9.17, 15) is 10.5 Å². The van der Waals surface area contributed by atoms with Crippen molar-refractivity contribution in [3.8, 4) is 12.1 Å². The van der Waals surface area contributed by atoms with Gasteiger partial charge in [-0.25, -0.2) is 0 Å². The molecule has 1 atom stereocenters. The average Bonchev–Trinajstić information content (AvgIpc) is 2.62. The quantitative estimate of drug-likeness (QED) is 0.768. The summed E-state index contributed by atoms with van der Waals surface area (Å²) in [6, 6.07) is 20.5. The lowest BCUT2D eigenvalue weighted by atomic mass is 9.98. The molecule has 0 bridgehead atoms. The monoisotopic (exact) mass is 375 g/mol. The Hall–Kier alpha value is -2.60. The molecule has 3 rings (SSSR count). The van der Waals surface area contributed by atoms with E-state index >= 15 is 0 Å². The van der Waals surface area contributed by atoms with Gasteiger partial charge in [0.2, 0.25) is 0 Å². The van der Waals surface area contributed by atoms with Crippen molar-refractivity contribution in [3.05, 3.63) is 76.4 Å². The van der Waals surface area contributed by atoms with Crippen molar-refractivity contribution in [1.82, 2.24) is 5.32 Å². The molecule has 128 valence electrons. The molecule has 2 aromatic rings. The fourth-order valence-corrected chi connectivity index (χ4v) is 4.65. The van der Waals surface area contributed by atoms with E-state index < -0.39 is 4.87 Å². The summed E-state index contributed by atoms with van der Waals surface area (Å²) < 4.78 is 0.513. The third-order valence-electron chi connectivity index (χ3n) is 4.31. The van der Waals surface area contributed by atoms with Crippen LogP contribution in [0.15, 0.2) is 54.1 Å². The Balaban J connectivity index is 2.17. The normalized spacial score (nSPS) is 19.5. The molecule has 3 nitrogen and oxygen atoms in total. The van der Waals surface area contributed by atoms with Gasteiger partial charge in [-0.1, -0.05) is 77.6 Å². The number of nitrogens with one attached hydrogen (secondary N) is 1. The maximum atomic E-state index is 9.66. The zero-order chi connectivity index (χ0) is 18.7. The van der Waals surface area contributed by atoms with Gasteiger partial charge in [0.05, 0.1) is 22.4 Å². The number of thiocarbonyl (C=S) groups is 1. The molecule has 0 spiro atoms. The van der Waals surface area contributed by atoms with Gasteiger partial charge in [-0.05, 0) is 31.0 Å². The summed E-state index contributed by atoms with van der Waals surface area (Å²) in [7, 11) is 0. The first-order valence-corrected chi connectivity index (χ1v) is 9.38. The summed E-state index contributed by atoms with van der Waals surface area (Å²) in [4.78, 5) is -0.709. The summed E-state index contributed by atoms with van der Waals surface area (Å²) in [5, 5.41) is 22.6. The SMILES string of the molecule is Cc1ccc(C2(CC#N)NC(c3cccc(C)c3)=C(C#N)C(=S)S2)cc1. The lowest BCUT2D eigenvalue weighted by Crippen LogP contribution is -2.42. The van der Waals surface area contributed by atoms with E-state index in [0.717, 1.165) is 22.3 Å². The zero-order valence-corrected chi connectivity index (χ0v) is 16.2. The van der Waals surface area contributed by atoms with Crippen molar-refractivity contribution in [2.45, 2.75) is 25.1 Å². The summed E-state index contributed by atoms with van der Waals surface area (Å²) in [5.41, 5.74) is 5.26. The van der Waals surface area contributed by atoms with Gasteiger partial charge in [0, 0.05) is 0 Å². The second-order valence-electron chi connectivity index (χ2n) is 6.27. The standard InChI is InChI=1S/C21H17N3S2/c1-14-6-8-17(9-7-14)21(10-11-22)24-19(18(13-23)20(25)26-21)16-5-3-4-15(2)12-16/h3-9,12,24H,10H2,1-2H3. The fraction of sp³-hybridized carbons (Fsp3) is 0.190. The topological polar surface area (TPSA) is 59.6 Å². The first-order valence-electron chi connectivity index (χ1n) is 8.16. The Morgan fingerprint density at radius 1 is 1.08 bits per heavy atom. The Kier molecular flexibility index (Phi) is 5.13. The molecular formula is C21H17N3S2. The number of hydrogen-bond donors (Lipinski definition) is 1. The van der Waals surface area contributed by atoms with E-state index in [1.54, 1.807) is 0 Å². The summed E-state index contributed by atoms with van der Waals surface area (Å²) in [5.74, 6) is 0. The molecule has 1 aliphatic rings. The Morgan fingerprint density at radius 3 is 2.42 bits per heavy atom. The van der Waals surface area contributed by atoms with Crippen molar-refractivity contribution >= 4 is 33.9 Å². The number of thioether (sulfide) groups is 1. The van der Waals surface area contributed by atoms with Crippen LogP contribution in [0.2, 0.25) is 0 Å². The highest BCUT2D eigenvalue weighted by Crippen LogP contribution is 2.45. The van der Waals surface area contributed by atoms with Crippen molar-refractivity contribution in [2.24, 2.45) is 0 Å². The molecule has 0 fully saturated rings. The van der Waals surface area contributed by atoms with Crippen LogP contribution in [-0.2, 0) is 4.87 Å². The molecule has 1 aliphatic heterocycles. The average molecular weight is 376 g/mol. The predicted octanol–water partition coefficient (Wildman–Crippen LogP) is 4.97. The first-order chi connectivity index (χ1) is 12.5. The van der Waals surface area contributed by atoms with Gasteiger partial charge in [0.25, 0.3) is 0 Å². The maximum absolute atomic E-state index is 9.66. The van der Waals surface area contributed by atoms with Gasteiger partial charge in [-0.3, -0.25) is 0 Å².